The Labute approximate surface area is 200 Å². The third-order valence-electron chi connectivity index (χ3n) is 6.75. The number of ether oxygens (including phenoxy) is 1. The normalized spacial score (nSPS) is 19.3. The van der Waals surface area contributed by atoms with Crippen LogP contribution in [0.1, 0.15) is 5.56 Å². The van der Waals surface area contributed by atoms with Crippen LogP contribution in [0.5, 0.6) is 0 Å². The molecule has 1 N–H and O–H groups in total. The zero-order chi connectivity index (χ0) is 23.1. The van der Waals surface area contributed by atoms with E-state index in [-0.39, 0.29) is 0 Å². The minimum Gasteiger partial charge on any atom is -0.378 e. The number of piperazine rings is 1. The van der Waals surface area contributed by atoms with Gasteiger partial charge in [-0.3, -0.25) is 4.90 Å². The number of nitrogens with one attached hydrogen (secondary N) is 1. The molecule has 3 aromatic heterocycles. The highest BCUT2D eigenvalue weighted by atomic mass is 32.2. The summed E-state index contributed by atoms with van der Waals surface area (Å²) >= 11 is 0. The maximum absolute atomic E-state index is 11.8. The van der Waals surface area contributed by atoms with E-state index in [9.17, 15) is 4.21 Å². The van der Waals surface area contributed by atoms with Gasteiger partial charge in [0.2, 0.25) is 0 Å². The van der Waals surface area contributed by atoms with Gasteiger partial charge < -0.3 is 14.6 Å². The third kappa shape index (κ3) is 4.11. The predicted molar refractivity (Wildman–Crippen MR) is 134 cm³/mol. The highest BCUT2D eigenvalue weighted by Gasteiger charge is 2.22. The third-order valence-corrected chi connectivity index (χ3v) is 7.84. The Kier molecular flexibility index (Phi) is 5.82. The number of anilines is 1. The fourth-order valence-corrected chi connectivity index (χ4v) is 5.61. The van der Waals surface area contributed by atoms with Gasteiger partial charge in [0.05, 0.1) is 24.2 Å². The van der Waals surface area contributed by atoms with Gasteiger partial charge in [0, 0.05) is 80.9 Å². The molecule has 1 atom stereocenters. The lowest BCUT2D eigenvalue weighted by Crippen LogP contribution is -2.46. The number of aromatic nitrogens is 4. The van der Waals surface area contributed by atoms with Crippen LogP contribution in [-0.2, 0) is 22.3 Å². The van der Waals surface area contributed by atoms with Gasteiger partial charge in [-0.25, -0.2) is 18.0 Å². The molecule has 9 nitrogen and oxygen atoms in total. The second-order valence-corrected chi connectivity index (χ2v) is 10.3. The van der Waals surface area contributed by atoms with Gasteiger partial charge in [-0.2, -0.15) is 0 Å². The fraction of sp³-hybridized carbons (Fsp3) is 0.417. The van der Waals surface area contributed by atoms with Crippen molar-refractivity contribution in [1.29, 1.82) is 0 Å². The number of hydrogen-bond donors (Lipinski definition) is 1. The van der Waals surface area contributed by atoms with Crippen LogP contribution in [0.25, 0.3) is 27.8 Å². The maximum Gasteiger partial charge on any atom is 0.182 e. The van der Waals surface area contributed by atoms with Gasteiger partial charge in [0.1, 0.15) is 5.52 Å². The minimum atomic E-state index is -0.894. The van der Waals surface area contributed by atoms with E-state index in [1.807, 2.05) is 21.1 Å². The summed E-state index contributed by atoms with van der Waals surface area (Å²) in [5.74, 6) is 1.68. The second-order valence-electron chi connectivity index (χ2n) is 8.91. The molecule has 0 saturated carbocycles. The van der Waals surface area contributed by atoms with Crippen LogP contribution in [0.3, 0.4) is 0 Å². The van der Waals surface area contributed by atoms with Crippen molar-refractivity contribution in [2.24, 2.45) is 0 Å². The molecule has 0 spiro atoms. The largest absolute Gasteiger partial charge is 0.378 e. The van der Waals surface area contributed by atoms with E-state index in [0.29, 0.717) is 13.2 Å². The number of aromatic amines is 1. The first-order valence-electron chi connectivity index (χ1n) is 11.7. The summed E-state index contributed by atoms with van der Waals surface area (Å²) in [6, 6.07) is 10.5. The number of H-pyrrole nitrogens is 1. The van der Waals surface area contributed by atoms with Crippen LogP contribution in [0.15, 0.2) is 42.7 Å². The van der Waals surface area contributed by atoms with Crippen molar-refractivity contribution in [3.63, 3.8) is 0 Å². The molecule has 5 heterocycles. The van der Waals surface area contributed by atoms with E-state index in [0.717, 1.165) is 79.4 Å². The van der Waals surface area contributed by atoms with Crippen LogP contribution in [0.2, 0.25) is 0 Å². The molecule has 0 bridgehead atoms. The summed E-state index contributed by atoms with van der Waals surface area (Å²) < 4.78 is 21.4. The summed E-state index contributed by atoms with van der Waals surface area (Å²) in [6.45, 7) is 7.38. The van der Waals surface area contributed by atoms with Crippen molar-refractivity contribution >= 4 is 33.2 Å². The molecule has 0 aliphatic carbocycles. The van der Waals surface area contributed by atoms with E-state index in [2.05, 4.69) is 45.2 Å². The first-order valence-corrected chi connectivity index (χ1v) is 13.3. The maximum atomic E-state index is 11.8. The first kappa shape index (κ1) is 21.7. The van der Waals surface area contributed by atoms with E-state index in [4.69, 9.17) is 14.8 Å². The number of benzene rings is 1. The summed E-state index contributed by atoms with van der Waals surface area (Å²) in [6.07, 6.45) is 5.84. The highest BCUT2D eigenvalue weighted by molar-refractivity contribution is 7.81. The zero-order valence-corrected chi connectivity index (χ0v) is 20.1. The van der Waals surface area contributed by atoms with Crippen LogP contribution in [0, 0.1) is 0 Å². The van der Waals surface area contributed by atoms with Gasteiger partial charge in [-0.1, -0.05) is 12.1 Å². The average molecular weight is 480 g/mol. The standard InChI is InChI=1S/C24H29N7O2S/c1-34(32)30-9-7-28(8-10-30)16-18-15-22-24(29-11-13-33-14-12-29)26-23(27-31(22)17-18)20-3-2-4-21-19(20)5-6-25-21/h2-6,15,17,25H,7-14,16H2,1H3. The molecule has 1 aromatic carbocycles. The molecule has 178 valence electrons. The molecule has 34 heavy (non-hydrogen) atoms. The van der Waals surface area contributed by atoms with Gasteiger partial charge >= 0.3 is 0 Å². The highest BCUT2D eigenvalue weighted by Crippen LogP contribution is 2.30. The van der Waals surface area contributed by atoms with Crippen LogP contribution in [0.4, 0.5) is 5.82 Å². The molecule has 2 saturated heterocycles. The van der Waals surface area contributed by atoms with Crippen molar-refractivity contribution in [2.75, 3.05) is 63.6 Å². The summed E-state index contributed by atoms with van der Waals surface area (Å²) in [7, 11) is -0.894. The topological polar surface area (TPSA) is 82.0 Å². The van der Waals surface area contributed by atoms with E-state index in [1.54, 1.807) is 6.26 Å². The van der Waals surface area contributed by atoms with E-state index < -0.39 is 11.0 Å². The molecule has 0 amide bonds. The molecule has 2 aliphatic rings. The lowest BCUT2D eigenvalue weighted by molar-refractivity contribution is 0.122. The Hall–Kier alpha value is -2.79. The Morgan fingerprint density at radius 3 is 2.71 bits per heavy atom. The number of rotatable bonds is 5. The SMILES string of the molecule is CS(=O)N1CCN(Cc2cc3c(N4CCOCC4)nc(-c4cccc5[nH]ccc45)nn3c2)CC1. The van der Waals surface area contributed by atoms with Crippen molar-refractivity contribution in [1.82, 2.24) is 28.8 Å². The lowest BCUT2D eigenvalue weighted by Gasteiger charge is -2.32. The molecular weight excluding hydrogens is 450 g/mol. The molecule has 6 rings (SSSR count). The fourth-order valence-electron chi connectivity index (χ4n) is 4.93. The van der Waals surface area contributed by atoms with Crippen molar-refractivity contribution in [2.45, 2.75) is 6.54 Å². The van der Waals surface area contributed by atoms with Gasteiger partial charge in [0.15, 0.2) is 11.6 Å². The van der Waals surface area contributed by atoms with Crippen LogP contribution >= 0.6 is 0 Å². The van der Waals surface area contributed by atoms with E-state index in [1.165, 1.54) is 5.56 Å². The summed E-state index contributed by atoms with van der Waals surface area (Å²) in [5.41, 5.74) is 4.34. The molecule has 4 aromatic rings. The predicted octanol–water partition coefficient (Wildman–Crippen LogP) is 2.13. The molecule has 0 radical (unpaired) electrons. The Balaban J connectivity index is 1.37. The van der Waals surface area contributed by atoms with Crippen molar-refractivity contribution in [3.05, 3.63) is 48.3 Å². The Morgan fingerprint density at radius 1 is 1.09 bits per heavy atom. The molecule has 1 unspecified atom stereocenters. The van der Waals surface area contributed by atoms with E-state index >= 15 is 0 Å². The lowest BCUT2D eigenvalue weighted by atomic mass is 10.1. The number of nitrogens with zero attached hydrogens (tertiary/aromatic N) is 6. The van der Waals surface area contributed by atoms with Crippen molar-refractivity contribution < 1.29 is 8.95 Å². The number of fused-ring (bicyclic) bond motifs is 2. The average Bonchev–Trinajstić information content (AvgIpc) is 3.50. The molecular formula is C24H29N7O2S. The molecule has 2 fully saturated rings. The van der Waals surface area contributed by atoms with Gasteiger partial charge in [0.25, 0.3) is 0 Å². The van der Waals surface area contributed by atoms with Crippen LogP contribution in [-0.4, -0.2) is 91.7 Å². The second kappa shape index (κ2) is 9.10. The zero-order valence-electron chi connectivity index (χ0n) is 19.3. The van der Waals surface area contributed by atoms with Gasteiger partial charge in [-0.05, 0) is 23.8 Å². The van der Waals surface area contributed by atoms with Gasteiger partial charge in [-0.15, -0.1) is 5.10 Å². The minimum absolute atomic E-state index is 0.704. The quantitative estimate of drug-likeness (QED) is 0.472. The number of morpholine rings is 1. The van der Waals surface area contributed by atoms with Crippen LogP contribution < -0.4 is 4.90 Å². The first-order chi connectivity index (χ1) is 16.7. The van der Waals surface area contributed by atoms with Crippen molar-refractivity contribution in [3.8, 4) is 11.4 Å². The Bertz CT molecular complexity index is 1340. The molecule has 2 aliphatic heterocycles. The number of hydrogen-bond acceptors (Lipinski definition) is 6. The summed E-state index contributed by atoms with van der Waals surface area (Å²) in [4.78, 5) is 13.1. The summed E-state index contributed by atoms with van der Waals surface area (Å²) in [5, 5.41) is 6.07. The molecule has 10 heteroatoms. The smallest absolute Gasteiger partial charge is 0.182 e. The monoisotopic (exact) mass is 479 g/mol. The Morgan fingerprint density at radius 2 is 1.91 bits per heavy atom.